The average Bonchev–Trinajstić information content (AvgIpc) is 2.49. The van der Waals surface area contributed by atoms with Gasteiger partial charge >= 0.3 is 6.09 Å². The maximum Gasteiger partial charge on any atom is 0.412 e. The molecule has 0 atom stereocenters. The van der Waals surface area contributed by atoms with Gasteiger partial charge in [-0.15, -0.1) is 11.3 Å². The lowest BCUT2D eigenvalue weighted by Crippen LogP contribution is -2.23. The Hall–Kier alpha value is -1.36. The molecule has 0 aliphatic rings. The number of hydrogen-bond acceptors (Lipinski definition) is 3. The van der Waals surface area contributed by atoms with Crippen LogP contribution in [0.2, 0.25) is 0 Å². The van der Waals surface area contributed by atoms with Crippen LogP contribution in [0.3, 0.4) is 0 Å². The van der Waals surface area contributed by atoms with Gasteiger partial charge in [0.2, 0.25) is 0 Å². The fourth-order valence-electron chi connectivity index (χ4n) is 0.726. The molecule has 1 aromatic heterocycles. The molecule has 0 saturated heterocycles. The molecule has 0 radical (unpaired) electrons. The van der Waals surface area contributed by atoms with Gasteiger partial charge in [-0.25, -0.2) is 9.78 Å². The first kappa shape index (κ1) is 8.73. The van der Waals surface area contributed by atoms with Crippen molar-refractivity contribution in [1.29, 1.82) is 0 Å². The first-order valence-electron chi connectivity index (χ1n) is 3.19. The van der Waals surface area contributed by atoms with Gasteiger partial charge in [-0.05, 0) is 6.08 Å². The highest BCUT2D eigenvalue weighted by Crippen LogP contribution is 2.24. The number of thiazole rings is 1. The van der Waals surface area contributed by atoms with Crippen LogP contribution in [0.5, 0.6) is 0 Å². The molecule has 0 aliphatic carbocycles. The lowest BCUT2D eigenvalue weighted by molar-refractivity contribution is 0.203. The highest BCUT2D eigenvalue weighted by Gasteiger charge is 2.13. The van der Waals surface area contributed by atoms with Gasteiger partial charge in [0.15, 0.2) is 0 Å². The standard InChI is InChI=1S/C7H8N2O2S/c1-3-5-6(12-4-8-5)9(2)7(10)11/h3-4H,1H2,2H3,(H,10,11). The first-order valence-corrected chi connectivity index (χ1v) is 4.07. The highest BCUT2D eigenvalue weighted by molar-refractivity contribution is 7.14. The van der Waals surface area contributed by atoms with Crippen molar-refractivity contribution in [1.82, 2.24) is 4.98 Å². The molecule has 0 aromatic carbocycles. The van der Waals surface area contributed by atoms with Crippen LogP contribution in [0.1, 0.15) is 5.69 Å². The topological polar surface area (TPSA) is 53.4 Å². The number of rotatable bonds is 2. The van der Waals surface area contributed by atoms with Gasteiger partial charge in [0.1, 0.15) is 5.00 Å². The third-order valence-electron chi connectivity index (χ3n) is 1.36. The minimum absolute atomic E-state index is 0.595. The molecule has 4 nitrogen and oxygen atoms in total. The molecule has 0 aliphatic heterocycles. The van der Waals surface area contributed by atoms with E-state index in [-0.39, 0.29) is 0 Å². The number of amides is 1. The third-order valence-corrected chi connectivity index (χ3v) is 2.28. The van der Waals surface area contributed by atoms with Crippen LogP contribution in [0.15, 0.2) is 12.1 Å². The maximum absolute atomic E-state index is 10.5. The van der Waals surface area contributed by atoms with E-state index in [2.05, 4.69) is 11.6 Å². The van der Waals surface area contributed by atoms with E-state index in [9.17, 15) is 4.79 Å². The van der Waals surface area contributed by atoms with E-state index in [4.69, 9.17) is 5.11 Å². The van der Waals surface area contributed by atoms with Crippen LogP contribution in [0.25, 0.3) is 6.08 Å². The molecule has 1 rings (SSSR count). The first-order chi connectivity index (χ1) is 5.66. The van der Waals surface area contributed by atoms with Crippen LogP contribution in [-0.4, -0.2) is 23.2 Å². The predicted molar refractivity (Wildman–Crippen MR) is 48.6 cm³/mol. The normalized spacial score (nSPS) is 9.42. The summed E-state index contributed by atoms with van der Waals surface area (Å²) >= 11 is 1.27. The van der Waals surface area contributed by atoms with Crippen LogP contribution in [-0.2, 0) is 0 Å². The van der Waals surface area contributed by atoms with E-state index in [0.29, 0.717) is 10.7 Å². The zero-order chi connectivity index (χ0) is 9.14. The molecule has 64 valence electrons. The zero-order valence-electron chi connectivity index (χ0n) is 6.52. The SMILES string of the molecule is C=Cc1ncsc1N(C)C(=O)O. The summed E-state index contributed by atoms with van der Waals surface area (Å²) in [7, 11) is 1.48. The molecule has 12 heavy (non-hydrogen) atoms. The molecular formula is C7H8N2O2S. The van der Waals surface area contributed by atoms with E-state index >= 15 is 0 Å². The third kappa shape index (κ3) is 1.45. The zero-order valence-corrected chi connectivity index (χ0v) is 7.34. The van der Waals surface area contributed by atoms with Gasteiger partial charge in [-0.3, -0.25) is 4.90 Å². The minimum atomic E-state index is -0.998. The summed E-state index contributed by atoms with van der Waals surface area (Å²) in [5.74, 6) is 0. The summed E-state index contributed by atoms with van der Waals surface area (Å²) in [5, 5.41) is 9.24. The molecule has 1 heterocycles. The van der Waals surface area contributed by atoms with Crippen molar-refractivity contribution in [3.63, 3.8) is 0 Å². The summed E-state index contributed by atoms with van der Waals surface area (Å²) in [6.07, 6.45) is 0.535. The number of carboxylic acid groups (broad SMARTS) is 1. The Morgan fingerprint density at radius 3 is 3.08 bits per heavy atom. The second-order valence-electron chi connectivity index (χ2n) is 2.09. The largest absolute Gasteiger partial charge is 0.465 e. The lowest BCUT2D eigenvalue weighted by atomic mass is 10.4. The highest BCUT2D eigenvalue weighted by atomic mass is 32.1. The molecule has 0 saturated carbocycles. The smallest absolute Gasteiger partial charge is 0.412 e. The van der Waals surface area contributed by atoms with Gasteiger partial charge in [0.25, 0.3) is 0 Å². The van der Waals surface area contributed by atoms with Crippen molar-refractivity contribution >= 4 is 28.5 Å². The van der Waals surface area contributed by atoms with E-state index in [1.54, 1.807) is 5.51 Å². The molecule has 1 amide bonds. The van der Waals surface area contributed by atoms with Crippen LogP contribution in [0, 0.1) is 0 Å². The van der Waals surface area contributed by atoms with Crippen molar-refractivity contribution < 1.29 is 9.90 Å². The Bertz CT molecular complexity index is 308. The van der Waals surface area contributed by atoms with Crippen molar-refractivity contribution in [3.05, 3.63) is 17.8 Å². The van der Waals surface area contributed by atoms with Crippen molar-refractivity contribution in [2.45, 2.75) is 0 Å². The van der Waals surface area contributed by atoms with Crippen molar-refractivity contribution in [3.8, 4) is 0 Å². The summed E-state index contributed by atoms with van der Waals surface area (Å²) in [4.78, 5) is 15.6. The molecule has 1 aromatic rings. The Morgan fingerprint density at radius 2 is 2.58 bits per heavy atom. The summed E-state index contributed by atoms with van der Waals surface area (Å²) in [5.41, 5.74) is 2.19. The molecular weight excluding hydrogens is 176 g/mol. The molecule has 0 bridgehead atoms. The van der Waals surface area contributed by atoms with E-state index < -0.39 is 6.09 Å². The molecule has 5 heteroatoms. The van der Waals surface area contributed by atoms with Gasteiger partial charge in [-0.2, -0.15) is 0 Å². The number of anilines is 1. The maximum atomic E-state index is 10.5. The molecule has 0 fully saturated rings. The number of hydrogen-bond donors (Lipinski definition) is 1. The van der Waals surface area contributed by atoms with Crippen LogP contribution < -0.4 is 4.90 Å². The Morgan fingerprint density at radius 1 is 1.92 bits per heavy atom. The summed E-state index contributed by atoms with van der Waals surface area (Å²) in [6.45, 7) is 3.53. The van der Waals surface area contributed by atoms with E-state index in [0.717, 1.165) is 4.90 Å². The second-order valence-corrected chi connectivity index (χ2v) is 2.92. The Kier molecular flexibility index (Phi) is 2.44. The predicted octanol–water partition coefficient (Wildman–Crippen LogP) is 1.90. The van der Waals surface area contributed by atoms with Gasteiger partial charge in [0.05, 0.1) is 11.2 Å². The van der Waals surface area contributed by atoms with Crippen molar-refractivity contribution in [2.75, 3.05) is 11.9 Å². The molecule has 0 spiro atoms. The average molecular weight is 184 g/mol. The van der Waals surface area contributed by atoms with Crippen molar-refractivity contribution in [2.24, 2.45) is 0 Å². The van der Waals surface area contributed by atoms with Crippen LogP contribution >= 0.6 is 11.3 Å². The monoisotopic (exact) mass is 184 g/mol. The van der Waals surface area contributed by atoms with Gasteiger partial charge in [0, 0.05) is 7.05 Å². The Labute approximate surface area is 73.8 Å². The minimum Gasteiger partial charge on any atom is -0.465 e. The van der Waals surface area contributed by atoms with E-state index in [1.807, 2.05) is 0 Å². The number of nitrogens with zero attached hydrogens (tertiary/aromatic N) is 2. The van der Waals surface area contributed by atoms with E-state index in [1.165, 1.54) is 24.5 Å². The van der Waals surface area contributed by atoms with Crippen LogP contribution in [0.4, 0.5) is 9.80 Å². The fraction of sp³-hybridized carbons (Fsp3) is 0.143. The summed E-state index contributed by atoms with van der Waals surface area (Å²) < 4.78 is 0. The fourth-order valence-corrected chi connectivity index (χ4v) is 1.49. The summed E-state index contributed by atoms with van der Waals surface area (Å²) in [6, 6.07) is 0. The molecule has 1 N–H and O–H groups in total. The number of carbonyl (C=O) groups is 1. The molecule has 0 unspecified atom stereocenters. The van der Waals surface area contributed by atoms with Gasteiger partial charge < -0.3 is 5.11 Å². The Balaban J connectivity index is 3.01. The quantitative estimate of drug-likeness (QED) is 0.763. The van der Waals surface area contributed by atoms with Gasteiger partial charge in [-0.1, -0.05) is 6.58 Å². The second kappa shape index (κ2) is 3.36. The lowest BCUT2D eigenvalue weighted by Gasteiger charge is -2.09. The number of aromatic nitrogens is 1.